The van der Waals surface area contributed by atoms with Crippen molar-refractivity contribution in [3.05, 3.63) is 71.4 Å². The highest BCUT2D eigenvalue weighted by Gasteiger charge is 2.12. The lowest BCUT2D eigenvalue weighted by atomic mass is 10.1. The van der Waals surface area contributed by atoms with Crippen molar-refractivity contribution in [2.24, 2.45) is 7.05 Å². The van der Waals surface area contributed by atoms with Crippen LogP contribution in [0.1, 0.15) is 16.7 Å². The predicted octanol–water partition coefficient (Wildman–Crippen LogP) is 3.56. The summed E-state index contributed by atoms with van der Waals surface area (Å²) in [5, 5.41) is 20.8. The van der Waals surface area contributed by atoms with E-state index >= 15 is 0 Å². The van der Waals surface area contributed by atoms with Gasteiger partial charge in [-0.25, -0.2) is 9.36 Å². The van der Waals surface area contributed by atoms with E-state index in [9.17, 15) is 0 Å². The van der Waals surface area contributed by atoms with E-state index in [1.54, 1.807) is 16.4 Å². The van der Waals surface area contributed by atoms with Crippen molar-refractivity contribution in [2.45, 2.75) is 25.5 Å². The SMILES string of the molecule is Cc1ccc(-n2cc(CNCCSc3nnnn3C)c(-c3cccc(C)c3)n2)cc1. The van der Waals surface area contributed by atoms with E-state index in [0.29, 0.717) is 0 Å². The summed E-state index contributed by atoms with van der Waals surface area (Å²) in [6, 6.07) is 16.9. The molecule has 0 bridgehead atoms. The van der Waals surface area contributed by atoms with Crippen LogP contribution < -0.4 is 5.32 Å². The van der Waals surface area contributed by atoms with Gasteiger partial charge in [0.1, 0.15) is 0 Å². The van der Waals surface area contributed by atoms with E-state index < -0.39 is 0 Å². The highest BCUT2D eigenvalue weighted by atomic mass is 32.2. The van der Waals surface area contributed by atoms with Gasteiger partial charge in [-0.15, -0.1) is 5.10 Å². The molecule has 7 nitrogen and oxygen atoms in total. The standard InChI is InChI=1S/C22H25N7S/c1-16-7-9-20(10-8-16)29-15-19(21(25-29)18-6-4-5-17(2)13-18)14-23-11-12-30-22-24-26-27-28(22)3/h4-10,13,15,23H,11-12,14H2,1-3H3. The molecule has 2 aromatic carbocycles. The summed E-state index contributed by atoms with van der Waals surface area (Å²) in [5.41, 5.74) is 6.85. The lowest BCUT2D eigenvalue weighted by molar-refractivity contribution is 0.663. The smallest absolute Gasteiger partial charge is 0.209 e. The van der Waals surface area contributed by atoms with Crippen molar-refractivity contribution in [3.63, 3.8) is 0 Å². The zero-order valence-corrected chi connectivity index (χ0v) is 18.2. The molecule has 8 heteroatoms. The average Bonchev–Trinajstić information content (AvgIpc) is 3.35. The Morgan fingerprint density at radius 3 is 2.60 bits per heavy atom. The van der Waals surface area contributed by atoms with E-state index in [0.717, 1.165) is 40.9 Å². The Hall–Kier alpha value is -2.97. The van der Waals surface area contributed by atoms with Gasteiger partial charge in [0.25, 0.3) is 0 Å². The van der Waals surface area contributed by atoms with Gasteiger partial charge in [0.05, 0.1) is 11.4 Å². The molecule has 0 unspecified atom stereocenters. The number of aryl methyl sites for hydroxylation is 3. The van der Waals surface area contributed by atoms with Crippen molar-refractivity contribution in [3.8, 4) is 16.9 Å². The van der Waals surface area contributed by atoms with Crippen molar-refractivity contribution >= 4 is 11.8 Å². The Labute approximate surface area is 180 Å². The summed E-state index contributed by atoms with van der Waals surface area (Å²) in [6.07, 6.45) is 2.12. The van der Waals surface area contributed by atoms with Crippen LogP contribution in [0.4, 0.5) is 0 Å². The molecule has 0 spiro atoms. The Balaban J connectivity index is 1.50. The fraction of sp³-hybridized carbons (Fsp3) is 0.273. The third-order valence-corrected chi connectivity index (χ3v) is 5.80. The Bertz CT molecular complexity index is 1110. The molecule has 0 radical (unpaired) electrons. The van der Waals surface area contributed by atoms with Gasteiger partial charge in [-0.2, -0.15) is 5.10 Å². The van der Waals surface area contributed by atoms with Crippen LogP contribution in [-0.2, 0) is 13.6 Å². The number of tetrazole rings is 1. The maximum atomic E-state index is 4.91. The van der Waals surface area contributed by atoms with E-state index in [1.807, 2.05) is 11.7 Å². The van der Waals surface area contributed by atoms with E-state index in [1.165, 1.54) is 16.7 Å². The van der Waals surface area contributed by atoms with Gasteiger partial charge in [-0.05, 0) is 42.5 Å². The van der Waals surface area contributed by atoms with Crippen molar-refractivity contribution < 1.29 is 0 Å². The second kappa shape index (κ2) is 9.23. The van der Waals surface area contributed by atoms with E-state index in [4.69, 9.17) is 5.10 Å². The number of rotatable bonds is 8. The van der Waals surface area contributed by atoms with Gasteiger partial charge >= 0.3 is 0 Å². The van der Waals surface area contributed by atoms with E-state index in [2.05, 4.69) is 89.4 Å². The Kier molecular flexibility index (Phi) is 6.25. The lowest BCUT2D eigenvalue weighted by Crippen LogP contribution is -2.17. The first-order chi connectivity index (χ1) is 14.6. The van der Waals surface area contributed by atoms with E-state index in [-0.39, 0.29) is 0 Å². The molecule has 2 aromatic heterocycles. The van der Waals surface area contributed by atoms with Gasteiger partial charge in [0, 0.05) is 43.2 Å². The molecule has 4 aromatic rings. The molecule has 0 aliphatic rings. The van der Waals surface area contributed by atoms with Crippen LogP contribution in [0.3, 0.4) is 0 Å². The highest BCUT2D eigenvalue weighted by Crippen LogP contribution is 2.25. The van der Waals surface area contributed by atoms with Crippen LogP contribution in [0.5, 0.6) is 0 Å². The Morgan fingerprint density at radius 1 is 1.03 bits per heavy atom. The van der Waals surface area contributed by atoms with Crippen LogP contribution in [-0.4, -0.2) is 42.3 Å². The van der Waals surface area contributed by atoms with Crippen LogP contribution >= 0.6 is 11.8 Å². The van der Waals surface area contributed by atoms with Gasteiger partial charge in [0.15, 0.2) is 0 Å². The fourth-order valence-electron chi connectivity index (χ4n) is 3.19. The molecule has 1 N–H and O–H groups in total. The second-order valence-electron chi connectivity index (χ2n) is 7.26. The van der Waals surface area contributed by atoms with Gasteiger partial charge in [-0.1, -0.05) is 53.2 Å². The Morgan fingerprint density at radius 2 is 1.87 bits per heavy atom. The molecule has 4 rings (SSSR count). The number of hydrogen-bond donors (Lipinski definition) is 1. The number of thioether (sulfide) groups is 1. The quantitative estimate of drug-likeness (QED) is 0.348. The predicted molar refractivity (Wildman–Crippen MR) is 120 cm³/mol. The summed E-state index contributed by atoms with van der Waals surface area (Å²) in [4.78, 5) is 0. The number of aromatic nitrogens is 6. The topological polar surface area (TPSA) is 73.5 Å². The van der Waals surface area contributed by atoms with Crippen molar-refractivity contribution in [1.29, 1.82) is 0 Å². The fourth-order valence-corrected chi connectivity index (χ4v) is 3.93. The molecule has 0 aliphatic heterocycles. The van der Waals surface area contributed by atoms with Crippen LogP contribution in [0.25, 0.3) is 16.9 Å². The number of benzene rings is 2. The second-order valence-corrected chi connectivity index (χ2v) is 8.32. The number of nitrogens with zero attached hydrogens (tertiary/aromatic N) is 6. The first-order valence-electron chi connectivity index (χ1n) is 9.88. The minimum atomic E-state index is 0.743. The molecule has 0 amide bonds. The average molecular weight is 420 g/mol. The molecule has 0 saturated carbocycles. The maximum Gasteiger partial charge on any atom is 0.209 e. The summed E-state index contributed by atoms with van der Waals surface area (Å²) in [6.45, 7) is 5.79. The van der Waals surface area contributed by atoms with Crippen LogP contribution in [0.2, 0.25) is 0 Å². The zero-order chi connectivity index (χ0) is 20.9. The maximum absolute atomic E-state index is 4.91. The van der Waals surface area contributed by atoms with Crippen molar-refractivity contribution in [1.82, 2.24) is 35.3 Å². The summed E-state index contributed by atoms with van der Waals surface area (Å²) >= 11 is 1.64. The third-order valence-electron chi connectivity index (χ3n) is 4.79. The summed E-state index contributed by atoms with van der Waals surface area (Å²) < 4.78 is 3.65. The van der Waals surface area contributed by atoms with Crippen LogP contribution in [0, 0.1) is 13.8 Å². The van der Waals surface area contributed by atoms with Gasteiger partial charge in [0.2, 0.25) is 5.16 Å². The minimum absolute atomic E-state index is 0.743. The molecule has 0 fully saturated rings. The number of hydrogen-bond acceptors (Lipinski definition) is 6. The third kappa shape index (κ3) is 4.77. The van der Waals surface area contributed by atoms with Gasteiger partial charge in [-0.3, -0.25) is 0 Å². The van der Waals surface area contributed by atoms with Crippen molar-refractivity contribution in [2.75, 3.05) is 12.3 Å². The zero-order valence-electron chi connectivity index (χ0n) is 17.4. The summed E-state index contributed by atoms with van der Waals surface area (Å²) in [5.74, 6) is 0.889. The van der Waals surface area contributed by atoms with Crippen LogP contribution in [0.15, 0.2) is 59.9 Å². The highest BCUT2D eigenvalue weighted by molar-refractivity contribution is 7.99. The monoisotopic (exact) mass is 419 g/mol. The molecule has 0 atom stereocenters. The van der Waals surface area contributed by atoms with Gasteiger partial charge < -0.3 is 5.32 Å². The molecule has 154 valence electrons. The molecular formula is C22H25N7S. The summed E-state index contributed by atoms with van der Waals surface area (Å²) in [7, 11) is 1.85. The molecule has 0 aliphatic carbocycles. The first-order valence-corrected chi connectivity index (χ1v) is 10.9. The molecular weight excluding hydrogens is 394 g/mol. The minimum Gasteiger partial charge on any atom is -0.312 e. The molecule has 30 heavy (non-hydrogen) atoms. The lowest BCUT2D eigenvalue weighted by Gasteiger charge is -2.05. The molecule has 0 saturated heterocycles. The first kappa shape index (κ1) is 20.3. The molecule has 2 heterocycles. The normalized spacial score (nSPS) is 11.2. The largest absolute Gasteiger partial charge is 0.312 e. The number of nitrogens with one attached hydrogen (secondary N) is 1.